The molecule has 1 saturated carbocycles. The minimum absolute atomic E-state index is 0.175. The molecular weight excluding hydrogens is 176 g/mol. The molecule has 1 atom stereocenters. The van der Waals surface area contributed by atoms with Crippen LogP contribution in [0.5, 0.6) is 0 Å². The predicted molar refractivity (Wildman–Crippen MR) is 51.9 cm³/mol. The second kappa shape index (κ2) is 3.82. The van der Waals surface area contributed by atoms with Gasteiger partial charge in [-0.3, -0.25) is 0 Å². The summed E-state index contributed by atoms with van der Waals surface area (Å²) in [5.41, 5.74) is 0.550. The summed E-state index contributed by atoms with van der Waals surface area (Å²) < 4.78 is 0. The maximum Gasteiger partial charge on any atom is 0.129 e. The number of hydrogen-bond acceptors (Lipinski definition) is 3. The Bertz CT molecular complexity index is 325. The Balaban J connectivity index is 3.18. The van der Waals surface area contributed by atoms with Crippen LogP contribution in [0.4, 0.5) is 0 Å². The van der Waals surface area contributed by atoms with Gasteiger partial charge in [-0.25, -0.2) is 0 Å². The first kappa shape index (κ1) is 10.8. The van der Waals surface area contributed by atoms with Gasteiger partial charge in [-0.1, -0.05) is 13.8 Å². The Labute approximate surface area is 84.3 Å². The highest BCUT2D eigenvalue weighted by molar-refractivity contribution is 5.43. The van der Waals surface area contributed by atoms with E-state index < -0.39 is 11.5 Å². The van der Waals surface area contributed by atoms with Gasteiger partial charge in [-0.15, -0.1) is 0 Å². The van der Waals surface area contributed by atoms with Crippen LogP contribution in [0.3, 0.4) is 0 Å². The zero-order chi connectivity index (χ0) is 10.8. The van der Waals surface area contributed by atoms with Gasteiger partial charge in [0, 0.05) is 5.41 Å². The molecule has 0 radical (unpaired) electrons. The van der Waals surface area contributed by atoms with Gasteiger partial charge in [-0.05, 0) is 24.8 Å². The summed E-state index contributed by atoms with van der Waals surface area (Å²) in [7, 11) is 0. The lowest BCUT2D eigenvalue weighted by atomic mass is 9.69. The summed E-state index contributed by atoms with van der Waals surface area (Å²) in [5, 5.41) is 27.4. The summed E-state index contributed by atoms with van der Waals surface area (Å²) in [6, 6.07) is 3.81. The molecule has 0 aromatic heterocycles. The fourth-order valence-corrected chi connectivity index (χ4v) is 1.96. The standard InChI is InChI=1S/C11H14N2O/c1-11(2)9(8(6-12)7-13)4-3-5-10(11)14/h10,14H,3-5H2,1-2H3. The van der Waals surface area contributed by atoms with Crippen molar-refractivity contribution in [3.05, 3.63) is 11.1 Å². The van der Waals surface area contributed by atoms with Crippen molar-refractivity contribution < 1.29 is 5.11 Å². The van der Waals surface area contributed by atoms with Gasteiger partial charge in [0.15, 0.2) is 0 Å². The van der Waals surface area contributed by atoms with Gasteiger partial charge < -0.3 is 5.11 Å². The first-order chi connectivity index (χ1) is 6.54. The molecule has 0 saturated heterocycles. The Kier molecular flexibility index (Phi) is 2.93. The summed E-state index contributed by atoms with van der Waals surface area (Å²) in [4.78, 5) is 0. The maximum absolute atomic E-state index is 9.79. The van der Waals surface area contributed by atoms with Crippen LogP contribution in [0.25, 0.3) is 0 Å². The molecule has 0 amide bonds. The summed E-state index contributed by atoms with van der Waals surface area (Å²) in [6.07, 6.45) is 1.91. The van der Waals surface area contributed by atoms with Crippen LogP contribution in [0, 0.1) is 28.1 Å². The number of allylic oxidation sites excluding steroid dienone is 1. The van der Waals surface area contributed by atoms with Crippen LogP contribution in [-0.4, -0.2) is 11.2 Å². The normalized spacial score (nSPS) is 24.9. The number of hydrogen-bond donors (Lipinski definition) is 1. The fourth-order valence-electron chi connectivity index (χ4n) is 1.96. The van der Waals surface area contributed by atoms with Crippen molar-refractivity contribution >= 4 is 0 Å². The maximum atomic E-state index is 9.79. The molecule has 14 heavy (non-hydrogen) atoms. The summed E-state index contributed by atoms with van der Waals surface area (Å²) >= 11 is 0. The Hall–Kier alpha value is -1.32. The predicted octanol–water partition coefficient (Wildman–Crippen LogP) is 1.90. The molecule has 1 rings (SSSR count). The van der Waals surface area contributed by atoms with E-state index >= 15 is 0 Å². The molecule has 1 unspecified atom stereocenters. The highest BCUT2D eigenvalue weighted by Gasteiger charge is 2.36. The molecule has 74 valence electrons. The highest BCUT2D eigenvalue weighted by atomic mass is 16.3. The van der Waals surface area contributed by atoms with Crippen molar-refractivity contribution in [3.8, 4) is 12.1 Å². The molecule has 1 aliphatic carbocycles. The lowest BCUT2D eigenvalue weighted by molar-refractivity contribution is 0.0478. The van der Waals surface area contributed by atoms with Crippen molar-refractivity contribution in [2.24, 2.45) is 5.41 Å². The van der Waals surface area contributed by atoms with Gasteiger partial charge >= 0.3 is 0 Å². The van der Waals surface area contributed by atoms with Crippen molar-refractivity contribution in [1.29, 1.82) is 10.5 Å². The average Bonchev–Trinajstić information content (AvgIpc) is 2.14. The van der Waals surface area contributed by atoms with Gasteiger partial charge in [0.2, 0.25) is 0 Å². The average molecular weight is 190 g/mol. The molecule has 3 nitrogen and oxygen atoms in total. The van der Waals surface area contributed by atoms with E-state index in [9.17, 15) is 5.11 Å². The van der Waals surface area contributed by atoms with E-state index in [1.165, 1.54) is 0 Å². The third-order valence-electron chi connectivity index (χ3n) is 3.04. The van der Waals surface area contributed by atoms with Crippen molar-refractivity contribution in [2.45, 2.75) is 39.2 Å². The summed E-state index contributed by atoms with van der Waals surface area (Å²) in [6.45, 7) is 3.78. The molecule has 1 aliphatic rings. The van der Waals surface area contributed by atoms with Crippen LogP contribution >= 0.6 is 0 Å². The third kappa shape index (κ3) is 1.64. The quantitative estimate of drug-likeness (QED) is 0.593. The van der Waals surface area contributed by atoms with Gasteiger partial charge in [-0.2, -0.15) is 10.5 Å². The van der Waals surface area contributed by atoms with Gasteiger partial charge in [0.25, 0.3) is 0 Å². The fraction of sp³-hybridized carbons (Fsp3) is 0.636. The van der Waals surface area contributed by atoms with Crippen LogP contribution in [0.15, 0.2) is 11.1 Å². The molecule has 3 heteroatoms. The molecular formula is C11H14N2O. The topological polar surface area (TPSA) is 67.8 Å². The third-order valence-corrected chi connectivity index (χ3v) is 3.04. The largest absolute Gasteiger partial charge is 0.392 e. The van der Waals surface area contributed by atoms with Crippen molar-refractivity contribution in [2.75, 3.05) is 0 Å². The number of aliphatic hydroxyl groups is 1. The van der Waals surface area contributed by atoms with Crippen LogP contribution in [0.1, 0.15) is 33.1 Å². The van der Waals surface area contributed by atoms with E-state index in [-0.39, 0.29) is 5.57 Å². The summed E-state index contributed by atoms with van der Waals surface area (Å²) in [5.74, 6) is 0. The van der Waals surface area contributed by atoms with Crippen molar-refractivity contribution in [1.82, 2.24) is 0 Å². The van der Waals surface area contributed by atoms with Crippen LogP contribution in [0.2, 0.25) is 0 Å². The molecule has 0 aromatic carbocycles. The molecule has 1 N–H and O–H groups in total. The van der Waals surface area contributed by atoms with E-state index in [0.717, 1.165) is 24.8 Å². The molecule has 0 heterocycles. The molecule has 1 fully saturated rings. The number of nitrogens with zero attached hydrogens (tertiary/aromatic N) is 2. The van der Waals surface area contributed by atoms with Gasteiger partial charge in [0.05, 0.1) is 6.10 Å². The highest BCUT2D eigenvalue weighted by Crippen LogP contribution is 2.41. The number of nitriles is 2. The second-order valence-electron chi connectivity index (χ2n) is 4.21. The van der Waals surface area contributed by atoms with Crippen LogP contribution < -0.4 is 0 Å². The first-order valence-electron chi connectivity index (χ1n) is 4.76. The molecule has 0 aliphatic heterocycles. The van der Waals surface area contributed by atoms with Crippen molar-refractivity contribution in [3.63, 3.8) is 0 Å². The molecule has 0 bridgehead atoms. The second-order valence-corrected chi connectivity index (χ2v) is 4.21. The first-order valence-corrected chi connectivity index (χ1v) is 4.76. The Morgan fingerprint density at radius 2 is 2.00 bits per heavy atom. The SMILES string of the molecule is CC1(C)C(=C(C#N)C#N)CCCC1O. The van der Waals surface area contributed by atoms with E-state index in [1.807, 2.05) is 26.0 Å². The monoisotopic (exact) mass is 190 g/mol. The zero-order valence-electron chi connectivity index (χ0n) is 8.54. The minimum atomic E-state index is -0.442. The lowest BCUT2D eigenvalue weighted by Crippen LogP contribution is -2.35. The van der Waals surface area contributed by atoms with Crippen LogP contribution in [-0.2, 0) is 0 Å². The Morgan fingerprint density at radius 3 is 2.50 bits per heavy atom. The Morgan fingerprint density at radius 1 is 1.43 bits per heavy atom. The van der Waals surface area contributed by atoms with E-state index in [0.29, 0.717) is 0 Å². The number of aliphatic hydroxyl groups excluding tert-OH is 1. The zero-order valence-corrected chi connectivity index (χ0v) is 8.54. The van der Waals surface area contributed by atoms with Gasteiger partial charge in [0.1, 0.15) is 17.7 Å². The lowest BCUT2D eigenvalue weighted by Gasteiger charge is -2.37. The smallest absolute Gasteiger partial charge is 0.129 e. The van der Waals surface area contributed by atoms with E-state index in [4.69, 9.17) is 10.5 Å². The van der Waals surface area contributed by atoms with E-state index in [2.05, 4.69) is 0 Å². The number of rotatable bonds is 0. The molecule has 0 aromatic rings. The minimum Gasteiger partial charge on any atom is -0.392 e. The van der Waals surface area contributed by atoms with E-state index in [1.54, 1.807) is 0 Å². The molecule has 0 spiro atoms.